The third-order valence-corrected chi connectivity index (χ3v) is 7.23. The summed E-state index contributed by atoms with van der Waals surface area (Å²) in [6.45, 7) is 7.56. The van der Waals surface area contributed by atoms with E-state index in [1.165, 1.54) is 0 Å². The molecule has 2 aromatic rings. The molecule has 2 unspecified atom stereocenters. The zero-order valence-corrected chi connectivity index (χ0v) is 21.7. The van der Waals surface area contributed by atoms with E-state index in [0.717, 1.165) is 16.7 Å². The van der Waals surface area contributed by atoms with Crippen molar-refractivity contribution >= 4 is 16.1 Å². The summed E-state index contributed by atoms with van der Waals surface area (Å²) in [5, 5.41) is 9.14. The number of likely N-dealkylation sites (tertiary alicyclic amines) is 1. The molecule has 0 spiro atoms. The highest BCUT2D eigenvalue weighted by atomic mass is 32.2. The molecule has 2 atom stereocenters. The topological polar surface area (TPSA) is 105 Å². The number of rotatable bonds is 9. The first kappa shape index (κ1) is 27.0. The Morgan fingerprint density at radius 3 is 2.60 bits per heavy atom. The molecule has 3 rings (SSSR count). The first-order valence-corrected chi connectivity index (χ1v) is 13.6. The third-order valence-electron chi connectivity index (χ3n) is 5.80. The van der Waals surface area contributed by atoms with Crippen molar-refractivity contribution in [3.05, 3.63) is 54.1 Å². The monoisotopic (exact) mass is 504 g/mol. The maximum absolute atomic E-state index is 13.0. The van der Waals surface area contributed by atoms with Gasteiger partial charge in [-0.2, -0.15) is 0 Å². The van der Waals surface area contributed by atoms with Gasteiger partial charge >= 0.3 is 6.09 Å². The van der Waals surface area contributed by atoms with Crippen molar-refractivity contribution in [3.8, 4) is 16.9 Å². The summed E-state index contributed by atoms with van der Waals surface area (Å²) in [4.78, 5) is 14.6. The molecule has 0 aromatic heterocycles. The van der Waals surface area contributed by atoms with Gasteiger partial charge in [0.15, 0.2) is 0 Å². The van der Waals surface area contributed by atoms with Gasteiger partial charge in [0.1, 0.15) is 18.0 Å². The van der Waals surface area contributed by atoms with E-state index in [4.69, 9.17) is 14.6 Å². The average molecular weight is 505 g/mol. The SMILES string of the molecule is CCS(=O)(=O)NC1CCN(C(=O)OC(C)(C)C)C1Cc1cccc(-c2ccccc2OCCO)c1. The number of amides is 1. The van der Waals surface area contributed by atoms with Crippen LogP contribution in [0.15, 0.2) is 48.5 Å². The zero-order valence-electron chi connectivity index (χ0n) is 20.9. The first-order chi connectivity index (χ1) is 16.5. The van der Waals surface area contributed by atoms with Crippen molar-refractivity contribution < 1.29 is 27.8 Å². The molecule has 35 heavy (non-hydrogen) atoms. The highest BCUT2D eigenvalue weighted by molar-refractivity contribution is 7.89. The summed E-state index contributed by atoms with van der Waals surface area (Å²) < 4.78 is 38.8. The quantitative estimate of drug-likeness (QED) is 0.541. The van der Waals surface area contributed by atoms with Gasteiger partial charge in [0, 0.05) is 18.2 Å². The molecule has 8 nitrogen and oxygen atoms in total. The molecule has 1 saturated heterocycles. The predicted octanol–water partition coefficient (Wildman–Crippen LogP) is 3.58. The third kappa shape index (κ3) is 7.43. The maximum atomic E-state index is 13.0. The van der Waals surface area contributed by atoms with E-state index < -0.39 is 27.8 Å². The van der Waals surface area contributed by atoms with Crippen molar-refractivity contribution in [2.45, 2.75) is 58.2 Å². The first-order valence-electron chi connectivity index (χ1n) is 11.9. The van der Waals surface area contributed by atoms with Crippen LogP contribution < -0.4 is 9.46 Å². The smallest absolute Gasteiger partial charge is 0.410 e. The van der Waals surface area contributed by atoms with Crippen molar-refractivity contribution in [1.29, 1.82) is 0 Å². The minimum atomic E-state index is -3.44. The number of benzene rings is 2. The van der Waals surface area contributed by atoms with E-state index in [9.17, 15) is 13.2 Å². The fraction of sp³-hybridized carbons (Fsp3) is 0.500. The number of hydrogen-bond acceptors (Lipinski definition) is 6. The van der Waals surface area contributed by atoms with E-state index in [1.807, 2.05) is 69.3 Å². The molecule has 1 heterocycles. The van der Waals surface area contributed by atoms with Crippen LogP contribution >= 0.6 is 0 Å². The lowest BCUT2D eigenvalue weighted by atomic mass is 9.96. The van der Waals surface area contributed by atoms with Crippen LogP contribution in [0.25, 0.3) is 11.1 Å². The fourth-order valence-corrected chi connectivity index (χ4v) is 5.10. The lowest BCUT2D eigenvalue weighted by Crippen LogP contribution is -2.49. The van der Waals surface area contributed by atoms with Gasteiger partial charge in [0.25, 0.3) is 0 Å². The highest BCUT2D eigenvalue weighted by Gasteiger charge is 2.40. The van der Waals surface area contributed by atoms with Crippen LogP contribution in [0.2, 0.25) is 0 Å². The minimum absolute atomic E-state index is 0.0250. The summed E-state index contributed by atoms with van der Waals surface area (Å²) in [5.41, 5.74) is 2.13. The number of aliphatic hydroxyl groups excluding tert-OH is 1. The Balaban J connectivity index is 1.90. The zero-order chi connectivity index (χ0) is 25.6. The van der Waals surface area contributed by atoms with Crippen molar-refractivity contribution in [3.63, 3.8) is 0 Å². The Hall–Kier alpha value is -2.62. The molecule has 1 aliphatic rings. The van der Waals surface area contributed by atoms with Gasteiger partial charge < -0.3 is 19.5 Å². The summed E-state index contributed by atoms with van der Waals surface area (Å²) in [6, 6.07) is 14.7. The van der Waals surface area contributed by atoms with Gasteiger partial charge in [-0.05, 0) is 57.7 Å². The number of nitrogens with one attached hydrogen (secondary N) is 1. The van der Waals surface area contributed by atoms with E-state index >= 15 is 0 Å². The molecular weight excluding hydrogens is 468 g/mol. The van der Waals surface area contributed by atoms with Gasteiger partial charge in [-0.25, -0.2) is 17.9 Å². The second-order valence-electron chi connectivity index (χ2n) is 9.63. The van der Waals surface area contributed by atoms with Gasteiger partial charge in [0.2, 0.25) is 10.0 Å². The van der Waals surface area contributed by atoms with Crippen molar-refractivity contribution in [2.24, 2.45) is 0 Å². The fourth-order valence-electron chi connectivity index (χ4n) is 4.20. The molecule has 1 aliphatic heterocycles. The normalized spacial score (nSPS) is 18.5. The summed E-state index contributed by atoms with van der Waals surface area (Å²) in [5.74, 6) is 0.645. The van der Waals surface area contributed by atoms with Crippen molar-refractivity contribution in [2.75, 3.05) is 25.5 Å². The number of carbonyl (C=O) groups is 1. The van der Waals surface area contributed by atoms with Crippen molar-refractivity contribution in [1.82, 2.24) is 9.62 Å². The van der Waals surface area contributed by atoms with E-state index in [-0.39, 0.29) is 25.0 Å². The number of ether oxygens (including phenoxy) is 2. The lowest BCUT2D eigenvalue weighted by Gasteiger charge is -2.31. The van der Waals surface area contributed by atoms with Crippen LogP contribution in [0.1, 0.15) is 39.7 Å². The molecule has 0 aliphatic carbocycles. The highest BCUT2D eigenvalue weighted by Crippen LogP contribution is 2.32. The van der Waals surface area contributed by atoms with Crippen LogP contribution in [0, 0.1) is 0 Å². The van der Waals surface area contributed by atoms with Crippen LogP contribution in [-0.2, 0) is 21.2 Å². The summed E-state index contributed by atoms with van der Waals surface area (Å²) >= 11 is 0. The maximum Gasteiger partial charge on any atom is 0.410 e. The standard InChI is InChI=1S/C26H36N2O6S/c1-5-35(31,32)27-22-13-14-28(25(30)34-26(2,3)4)23(22)18-19-9-8-10-20(17-19)21-11-6-7-12-24(21)33-16-15-29/h6-12,17,22-23,27,29H,5,13-16,18H2,1-4H3. The molecule has 2 N–H and O–H groups in total. The van der Waals surface area contributed by atoms with Crippen LogP contribution in [0.3, 0.4) is 0 Å². The van der Waals surface area contributed by atoms with Crippen LogP contribution in [0.4, 0.5) is 4.79 Å². The number of carbonyl (C=O) groups excluding carboxylic acids is 1. The molecule has 0 radical (unpaired) electrons. The summed E-state index contributed by atoms with van der Waals surface area (Å²) in [7, 11) is -3.44. The second kappa shape index (κ2) is 11.4. The number of para-hydroxylation sites is 1. The van der Waals surface area contributed by atoms with Crippen LogP contribution in [-0.4, -0.2) is 67.7 Å². The number of sulfonamides is 1. The average Bonchev–Trinajstić information content (AvgIpc) is 3.18. The summed E-state index contributed by atoms with van der Waals surface area (Å²) in [6.07, 6.45) is 0.532. The Morgan fingerprint density at radius 2 is 1.91 bits per heavy atom. The van der Waals surface area contributed by atoms with Gasteiger partial charge in [-0.1, -0.05) is 42.5 Å². The van der Waals surface area contributed by atoms with Crippen LogP contribution in [0.5, 0.6) is 5.75 Å². The number of nitrogens with zero attached hydrogens (tertiary/aromatic N) is 1. The molecule has 0 saturated carbocycles. The number of aliphatic hydroxyl groups is 1. The molecule has 0 bridgehead atoms. The molecule has 192 valence electrons. The second-order valence-corrected chi connectivity index (χ2v) is 11.7. The molecule has 1 amide bonds. The molecule has 9 heteroatoms. The van der Waals surface area contributed by atoms with E-state index in [0.29, 0.717) is 25.1 Å². The minimum Gasteiger partial charge on any atom is -0.491 e. The number of hydrogen-bond donors (Lipinski definition) is 2. The Kier molecular flexibility index (Phi) is 8.79. The van der Waals surface area contributed by atoms with Gasteiger partial charge in [-0.15, -0.1) is 0 Å². The van der Waals surface area contributed by atoms with E-state index in [1.54, 1.807) is 11.8 Å². The lowest BCUT2D eigenvalue weighted by molar-refractivity contribution is 0.0218. The van der Waals surface area contributed by atoms with Gasteiger partial charge in [0.05, 0.1) is 18.4 Å². The Labute approximate surface area is 208 Å². The molecule has 1 fully saturated rings. The Bertz CT molecular complexity index is 1110. The molecule has 2 aromatic carbocycles. The van der Waals surface area contributed by atoms with E-state index in [2.05, 4.69) is 4.72 Å². The largest absolute Gasteiger partial charge is 0.491 e. The Morgan fingerprint density at radius 1 is 1.17 bits per heavy atom. The predicted molar refractivity (Wildman–Crippen MR) is 136 cm³/mol. The molecular formula is C26H36N2O6S. The van der Waals surface area contributed by atoms with Gasteiger partial charge in [-0.3, -0.25) is 0 Å².